The molecule has 4 aromatic carbocycles. The predicted molar refractivity (Wildman–Crippen MR) is 158 cm³/mol. The Balaban J connectivity index is 1.31. The lowest BCUT2D eigenvalue weighted by Crippen LogP contribution is -2.41. The molecule has 2 aliphatic heterocycles. The molecule has 0 saturated carbocycles. The third kappa shape index (κ3) is 3.64. The summed E-state index contributed by atoms with van der Waals surface area (Å²) < 4.78 is 15.2. The molecular formula is C33H33BN2O2. The second-order valence-electron chi connectivity index (χ2n) is 11.7. The van der Waals surface area contributed by atoms with Crippen molar-refractivity contribution in [1.29, 1.82) is 0 Å². The molecule has 2 aliphatic rings. The van der Waals surface area contributed by atoms with E-state index >= 15 is 0 Å². The van der Waals surface area contributed by atoms with Gasteiger partial charge in [0.05, 0.1) is 22.2 Å². The normalized spacial score (nSPS) is 18.8. The van der Waals surface area contributed by atoms with Gasteiger partial charge < -0.3 is 19.2 Å². The van der Waals surface area contributed by atoms with Crippen molar-refractivity contribution >= 4 is 34.4 Å². The van der Waals surface area contributed by atoms with Gasteiger partial charge in [-0.05, 0) is 74.1 Å². The van der Waals surface area contributed by atoms with Gasteiger partial charge in [-0.3, -0.25) is 0 Å². The van der Waals surface area contributed by atoms with Crippen molar-refractivity contribution in [2.24, 2.45) is 0 Å². The number of fused-ring (bicyclic) bond motifs is 3. The molecule has 4 nitrogen and oxygen atoms in total. The number of para-hydroxylation sites is 2. The van der Waals surface area contributed by atoms with Crippen LogP contribution in [0.4, 0.5) is 0 Å². The predicted octanol–water partition coefficient (Wildman–Crippen LogP) is 6.44. The van der Waals surface area contributed by atoms with Crippen LogP contribution in [0.2, 0.25) is 0 Å². The number of nitrogens with one attached hydrogen (secondary N) is 1. The highest BCUT2D eigenvalue weighted by Gasteiger charge is 2.51. The summed E-state index contributed by atoms with van der Waals surface area (Å²) in [4.78, 5) is 0. The molecule has 1 N–H and O–H groups in total. The van der Waals surface area contributed by atoms with Crippen LogP contribution in [0.5, 0.6) is 0 Å². The Labute approximate surface area is 224 Å². The van der Waals surface area contributed by atoms with E-state index in [9.17, 15) is 0 Å². The molecule has 0 radical (unpaired) electrons. The van der Waals surface area contributed by atoms with Crippen LogP contribution in [0.3, 0.4) is 0 Å². The SMILES string of the molecule is CC1(C)OB(c2ccc(C3CNC3)c(-c3ccc(-n4c5ccccc5c5ccccc54)cc3)c2)OC1(C)C. The first-order chi connectivity index (χ1) is 18.3. The van der Waals surface area contributed by atoms with E-state index in [2.05, 4.69) is 129 Å². The van der Waals surface area contributed by atoms with Crippen molar-refractivity contribution in [2.45, 2.75) is 44.8 Å². The first-order valence-electron chi connectivity index (χ1n) is 13.6. The van der Waals surface area contributed by atoms with Gasteiger partial charge in [0.25, 0.3) is 0 Å². The number of rotatable bonds is 4. The van der Waals surface area contributed by atoms with Crippen LogP contribution in [0, 0.1) is 0 Å². The van der Waals surface area contributed by atoms with Crippen molar-refractivity contribution in [3.05, 3.63) is 96.6 Å². The van der Waals surface area contributed by atoms with Crippen molar-refractivity contribution in [3.63, 3.8) is 0 Å². The molecule has 0 amide bonds. The molecular weight excluding hydrogens is 467 g/mol. The molecule has 5 heteroatoms. The minimum absolute atomic E-state index is 0.363. The zero-order valence-corrected chi connectivity index (χ0v) is 22.5. The largest absolute Gasteiger partial charge is 0.494 e. The molecule has 7 rings (SSSR count). The molecule has 5 aromatic rings. The molecule has 38 heavy (non-hydrogen) atoms. The van der Waals surface area contributed by atoms with Crippen LogP contribution in [0.15, 0.2) is 91.0 Å². The standard InChI is InChI=1S/C33H33BN2O2/c1-32(2)33(3,4)38-34(37-32)24-15-18-26(23-20-35-21-23)29(19-24)22-13-16-25(17-14-22)36-30-11-7-5-9-27(30)28-10-6-8-12-31(28)36/h5-19,23,35H,20-21H2,1-4H3. The Morgan fingerprint density at radius 3 is 1.87 bits per heavy atom. The Hall–Kier alpha value is -3.38. The third-order valence-corrected chi connectivity index (χ3v) is 8.84. The van der Waals surface area contributed by atoms with Gasteiger partial charge in [-0.2, -0.15) is 0 Å². The van der Waals surface area contributed by atoms with Crippen LogP contribution >= 0.6 is 0 Å². The Morgan fingerprint density at radius 1 is 0.737 bits per heavy atom. The molecule has 0 atom stereocenters. The van der Waals surface area contributed by atoms with Gasteiger partial charge in [0.15, 0.2) is 0 Å². The van der Waals surface area contributed by atoms with E-state index in [1.165, 1.54) is 44.2 Å². The van der Waals surface area contributed by atoms with Crippen LogP contribution in [-0.2, 0) is 9.31 Å². The summed E-state index contributed by atoms with van der Waals surface area (Å²) in [5.41, 5.74) is 7.83. The van der Waals surface area contributed by atoms with Gasteiger partial charge >= 0.3 is 7.12 Å². The summed E-state index contributed by atoms with van der Waals surface area (Å²) in [6.07, 6.45) is 0. The van der Waals surface area contributed by atoms with Crippen molar-refractivity contribution in [2.75, 3.05) is 13.1 Å². The van der Waals surface area contributed by atoms with Gasteiger partial charge in [-0.15, -0.1) is 0 Å². The fraction of sp³-hybridized carbons (Fsp3) is 0.273. The number of hydrogen-bond acceptors (Lipinski definition) is 3. The second kappa shape index (κ2) is 8.57. The van der Waals surface area contributed by atoms with Crippen molar-refractivity contribution in [3.8, 4) is 16.8 Å². The summed E-state index contributed by atoms with van der Waals surface area (Å²) in [5.74, 6) is 0.523. The van der Waals surface area contributed by atoms with E-state index in [4.69, 9.17) is 9.31 Å². The van der Waals surface area contributed by atoms with Gasteiger partial charge in [-0.1, -0.05) is 66.7 Å². The van der Waals surface area contributed by atoms with Crippen LogP contribution in [0.1, 0.15) is 39.2 Å². The molecule has 0 unspecified atom stereocenters. The number of nitrogens with zero attached hydrogens (tertiary/aromatic N) is 1. The van der Waals surface area contributed by atoms with Crippen LogP contribution < -0.4 is 10.8 Å². The third-order valence-electron chi connectivity index (χ3n) is 8.84. The summed E-state index contributed by atoms with van der Waals surface area (Å²) in [6.45, 7) is 10.5. The molecule has 0 bridgehead atoms. The first kappa shape index (κ1) is 23.7. The molecule has 190 valence electrons. The van der Waals surface area contributed by atoms with E-state index in [-0.39, 0.29) is 18.3 Å². The minimum Gasteiger partial charge on any atom is -0.399 e. The molecule has 0 spiro atoms. The number of aromatic nitrogens is 1. The summed E-state index contributed by atoms with van der Waals surface area (Å²) >= 11 is 0. The number of benzene rings is 4. The molecule has 3 heterocycles. The highest BCUT2D eigenvalue weighted by Crippen LogP contribution is 2.38. The van der Waals surface area contributed by atoms with Gasteiger partial charge in [0, 0.05) is 35.5 Å². The lowest BCUT2D eigenvalue weighted by Gasteiger charge is -2.32. The van der Waals surface area contributed by atoms with E-state index in [0.717, 1.165) is 18.6 Å². The van der Waals surface area contributed by atoms with E-state index in [1.54, 1.807) is 0 Å². The Bertz CT molecular complexity index is 1600. The zero-order chi connectivity index (χ0) is 26.1. The highest BCUT2D eigenvalue weighted by atomic mass is 16.7. The van der Waals surface area contributed by atoms with Gasteiger partial charge in [0.1, 0.15) is 0 Å². The van der Waals surface area contributed by atoms with E-state index in [1.807, 2.05) is 0 Å². The monoisotopic (exact) mass is 500 g/mol. The highest BCUT2D eigenvalue weighted by molar-refractivity contribution is 6.62. The topological polar surface area (TPSA) is 35.4 Å². The molecule has 2 fully saturated rings. The van der Waals surface area contributed by atoms with Gasteiger partial charge in [0.2, 0.25) is 0 Å². The quantitative estimate of drug-likeness (QED) is 0.289. The molecule has 2 saturated heterocycles. The van der Waals surface area contributed by atoms with E-state index < -0.39 is 0 Å². The summed E-state index contributed by atoms with van der Waals surface area (Å²) in [6, 6.07) is 33.1. The van der Waals surface area contributed by atoms with Crippen molar-refractivity contribution < 1.29 is 9.31 Å². The minimum atomic E-state index is -0.371. The summed E-state index contributed by atoms with van der Waals surface area (Å²) in [5, 5.41) is 6.00. The average molecular weight is 500 g/mol. The maximum Gasteiger partial charge on any atom is 0.494 e. The second-order valence-corrected chi connectivity index (χ2v) is 11.7. The Morgan fingerprint density at radius 2 is 1.32 bits per heavy atom. The number of hydrogen-bond donors (Lipinski definition) is 1. The van der Waals surface area contributed by atoms with Crippen molar-refractivity contribution in [1.82, 2.24) is 9.88 Å². The van der Waals surface area contributed by atoms with Crippen LogP contribution in [0.25, 0.3) is 38.6 Å². The lowest BCUT2D eigenvalue weighted by atomic mass is 9.75. The first-order valence-corrected chi connectivity index (χ1v) is 13.6. The average Bonchev–Trinajstić information content (AvgIpc) is 3.33. The zero-order valence-electron chi connectivity index (χ0n) is 22.5. The summed E-state index contributed by atoms with van der Waals surface area (Å²) in [7, 11) is -0.371. The fourth-order valence-corrected chi connectivity index (χ4v) is 5.81. The maximum absolute atomic E-state index is 6.39. The molecule has 1 aromatic heterocycles. The van der Waals surface area contributed by atoms with Crippen LogP contribution in [-0.4, -0.2) is 36.0 Å². The van der Waals surface area contributed by atoms with Gasteiger partial charge in [-0.25, -0.2) is 0 Å². The smallest absolute Gasteiger partial charge is 0.399 e. The Kier molecular flexibility index (Phi) is 5.35. The fourth-order valence-electron chi connectivity index (χ4n) is 5.81. The van der Waals surface area contributed by atoms with E-state index in [0.29, 0.717) is 5.92 Å². The molecule has 0 aliphatic carbocycles. The maximum atomic E-state index is 6.39. The lowest BCUT2D eigenvalue weighted by molar-refractivity contribution is 0.00578.